The highest BCUT2D eigenvalue weighted by molar-refractivity contribution is 5.76. The number of nitrogens with zero attached hydrogens (tertiary/aromatic N) is 2. The molecule has 2 aliphatic heterocycles. The van der Waals surface area contributed by atoms with Crippen molar-refractivity contribution in [3.8, 4) is 0 Å². The number of nitrogens with one attached hydrogen (secondary N) is 1. The molecule has 120 valence electrons. The van der Waals surface area contributed by atoms with Crippen molar-refractivity contribution in [3.63, 3.8) is 0 Å². The molecule has 0 aromatic carbocycles. The Labute approximate surface area is 125 Å². The van der Waals surface area contributed by atoms with Gasteiger partial charge in [0.05, 0.1) is 25.7 Å². The molecule has 0 aliphatic carbocycles. The van der Waals surface area contributed by atoms with Crippen LogP contribution in [0.1, 0.15) is 26.2 Å². The van der Waals surface area contributed by atoms with Gasteiger partial charge in [-0.2, -0.15) is 0 Å². The fourth-order valence-electron chi connectivity index (χ4n) is 2.98. The first-order chi connectivity index (χ1) is 10.1. The van der Waals surface area contributed by atoms with Crippen molar-refractivity contribution in [1.29, 1.82) is 0 Å². The van der Waals surface area contributed by atoms with E-state index in [9.17, 15) is 9.59 Å². The van der Waals surface area contributed by atoms with Crippen molar-refractivity contribution in [3.05, 3.63) is 0 Å². The molecular formula is C14H25N3O4. The average molecular weight is 299 g/mol. The number of hydrogen-bond donors (Lipinski definition) is 2. The number of carboxylic acids is 1. The van der Waals surface area contributed by atoms with E-state index in [1.807, 2.05) is 6.92 Å². The monoisotopic (exact) mass is 299 g/mol. The second kappa shape index (κ2) is 7.61. The van der Waals surface area contributed by atoms with Gasteiger partial charge in [0, 0.05) is 19.1 Å². The van der Waals surface area contributed by atoms with Crippen molar-refractivity contribution in [2.75, 3.05) is 39.4 Å². The Hall–Kier alpha value is -1.34. The van der Waals surface area contributed by atoms with E-state index in [-0.39, 0.29) is 24.5 Å². The largest absolute Gasteiger partial charge is 0.481 e. The van der Waals surface area contributed by atoms with Crippen LogP contribution in [-0.4, -0.2) is 78.4 Å². The minimum Gasteiger partial charge on any atom is -0.481 e. The first kappa shape index (κ1) is 16.0. The van der Waals surface area contributed by atoms with Crippen LogP contribution in [0.3, 0.4) is 0 Å². The maximum absolute atomic E-state index is 12.3. The summed E-state index contributed by atoms with van der Waals surface area (Å²) in [5.74, 6) is -0.909. The quantitative estimate of drug-likeness (QED) is 0.766. The Kier molecular flexibility index (Phi) is 5.81. The number of carbonyl (C=O) groups is 2. The van der Waals surface area contributed by atoms with Crippen LogP contribution in [0.25, 0.3) is 0 Å². The molecule has 2 aliphatic rings. The molecule has 0 bridgehead atoms. The maximum atomic E-state index is 12.3. The molecule has 2 saturated heterocycles. The van der Waals surface area contributed by atoms with Crippen molar-refractivity contribution in [2.24, 2.45) is 0 Å². The number of carboxylic acid groups (broad SMARTS) is 1. The van der Waals surface area contributed by atoms with Crippen LogP contribution in [-0.2, 0) is 9.53 Å². The van der Waals surface area contributed by atoms with Gasteiger partial charge in [0.15, 0.2) is 0 Å². The Morgan fingerprint density at radius 1 is 1.33 bits per heavy atom. The van der Waals surface area contributed by atoms with E-state index in [0.29, 0.717) is 19.8 Å². The Balaban J connectivity index is 1.82. The number of hydrogen-bond acceptors (Lipinski definition) is 4. The van der Waals surface area contributed by atoms with Crippen LogP contribution in [0.2, 0.25) is 0 Å². The lowest BCUT2D eigenvalue weighted by atomic mass is 10.1. The Morgan fingerprint density at radius 3 is 2.71 bits per heavy atom. The van der Waals surface area contributed by atoms with Gasteiger partial charge in [0.1, 0.15) is 0 Å². The van der Waals surface area contributed by atoms with Gasteiger partial charge in [-0.15, -0.1) is 0 Å². The predicted octanol–water partition coefficient (Wildman–Crippen LogP) is 0.356. The van der Waals surface area contributed by atoms with Gasteiger partial charge in [-0.05, 0) is 32.9 Å². The smallest absolute Gasteiger partial charge is 0.318 e. The van der Waals surface area contributed by atoms with Gasteiger partial charge in [0.2, 0.25) is 0 Å². The van der Waals surface area contributed by atoms with E-state index in [1.54, 1.807) is 4.90 Å². The van der Waals surface area contributed by atoms with E-state index in [2.05, 4.69) is 10.2 Å². The van der Waals surface area contributed by atoms with E-state index < -0.39 is 5.97 Å². The highest BCUT2D eigenvalue weighted by Crippen LogP contribution is 2.12. The summed E-state index contributed by atoms with van der Waals surface area (Å²) in [4.78, 5) is 27.1. The van der Waals surface area contributed by atoms with Crippen molar-refractivity contribution in [1.82, 2.24) is 15.1 Å². The van der Waals surface area contributed by atoms with E-state index in [1.165, 1.54) is 12.8 Å². The Bertz CT molecular complexity index is 371. The zero-order chi connectivity index (χ0) is 15.2. The number of rotatable bonds is 5. The summed E-state index contributed by atoms with van der Waals surface area (Å²) >= 11 is 0. The normalized spacial score (nSPS) is 24.8. The summed E-state index contributed by atoms with van der Waals surface area (Å²) in [7, 11) is 0. The summed E-state index contributed by atoms with van der Waals surface area (Å²) in [5, 5.41) is 11.9. The number of urea groups is 1. The molecule has 0 aromatic heterocycles. The average Bonchev–Trinajstić information content (AvgIpc) is 2.91. The van der Waals surface area contributed by atoms with Crippen LogP contribution >= 0.6 is 0 Å². The molecule has 21 heavy (non-hydrogen) atoms. The van der Waals surface area contributed by atoms with E-state index in [0.717, 1.165) is 19.6 Å². The minimum atomic E-state index is -0.909. The number of ether oxygens (including phenoxy) is 1. The molecule has 0 spiro atoms. The zero-order valence-corrected chi connectivity index (χ0v) is 12.6. The molecular weight excluding hydrogens is 274 g/mol. The number of likely N-dealkylation sites (tertiary alicyclic amines) is 1. The van der Waals surface area contributed by atoms with Gasteiger partial charge in [-0.1, -0.05) is 0 Å². The molecule has 2 unspecified atom stereocenters. The molecule has 0 saturated carbocycles. The fourth-order valence-corrected chi connectivity index (χ4v) is 2.98. The lowest BCUT2D eigenvalue weighted by Gasteiger charge is -2.35. The van der Waals surface area contributed by atoms with Gasteiger partial charge in [0.25, 0.3) is 0 Å². The van der Waals surface area contributed by atoms with Crippen LogP contribution in [0.5, 0.6) is 0 Å². The van der Waals surface area contributed by atoms with Crippen molar-refractivity contribution in [2.45, 2.75) is 38.3 Å². The summed E-state index contributed by atoms with van der Waals surface area (Å²) in [6.45, 7) is 6.23. The lowest BCUT2D eigenvalue weighted by Crippen LogP contribution is -2.55. The van der Waals surface area contributed by atoms with Crippen LogP contribution in [0.4, 0.5) is 4.79 Å². The third kappa shape index (κ3) is 4.86. The molecule has 2 heterocycles. The second-order valence-corrected chi connectivity index (χ2v) is 5.88. The molecule has 7 heteroatoms. The first-order valence-corrected chi connectivity index (χ1v) is 7.65. The number of aliphatic carboxylic acids is 1. The molecule has 0 aromatic rings. The maximum Gasteiger partial charge on any atom is 0.318 e. The fraction of sp³-hybridized carbons (Fsp3) is 0.857. The molecule has 0 radical (unpaired) electrons. The Morgan fingerprint density at radius 2 is 2.05 bits per heavy atom. The lowest BCUT2D eigenvalue weighted by molar-refractivity contribution is -0.139. The molecule has 2 rings (SSSR count). The third-order valence-electron chi connectivity index (χ3n) is 4.00. The van der Waals surface area contributed by atoms with Crippen LogP contribution in [0, 0.1) is 0 Å². The zero-order valence-electron chi connectivity index (χ0n) is 12.6. The van der Waals surface area contributed by atoms with Gasteiger partial charge < -0.3 is 25.0 Å². The predicted molar refractivity (Wildman–Crippen MR) is 77.2 cm³/mol. The van der Waals surface area contributed by atoms with E-state index in [4.69, 9.17) is 9.84 Å². The van der Waals surface area contributed by atoms with Gasteiger partial charge >= 0.3 is 12.0 Å². The van der Waals surface area contributed by atoms with Gasteiger partial charge in [-0.25, -0.2) is 4.79 Å². The number of amides is 2. The highest BCUT2D eigenvalue weighted by atomic mass is 16.5. The number of morpholine rings is 1. The number of carbonyl (C=O) groups excluding carboxylic acids is 1. The standard InChI is InChI=1S/C14H25N3O4/c1-11(9-16-4-2-3-5-16)15-14(20)17-6-7-21-10-12(17)8-13(18)19/h11-12H,2-10H2,1H3,(H,15,20)(H,18,19). The van der Waals surface area contributed by atoms with Gasteiger partial charge in [-0.3, -0.25) is 4.79 Å². The van der Waals surface area contributed by atoms with Crippen LogP contribution < -0.4 is 5.32 Å². The SMILES string of the molecule is CC(CN1CCCC1)NC(=O)N1CCOCC1CC(=O)O. The molecule has 2 N–H and O–H groups in total. The minimum absolute atomic E-state index is 0.0592. The third-order valence-corrected chi connectivity index (χ3v) is 4.00. The molecule has 7 nitrogen and oxygen atoms in total. The second-order valence-electron chi connectivity index (χ2n) is 5.88. The summed E-state index contributed by atoms with van der Waals surface area (Å²) in [6, 6.07) is -0.504. The van der Waals surface area contributed by atoms with Crippen LogP contribution in [0.15, 0.2) is 0 Å². The summed E-state index contributed by atoms with van der Waals surface area (Å²) in [6.07, 6.45) is 2.38. The summed E-state index contributed by atoms with van der Waals surface area (Å²) < 4.78 is 5.28. The molecule has 2 atom stereocenters. The van der Waals surface area contributed by atoms with Crippen molar-refractivity contribution < 1.29 is 19.4 Å². The summed E-state index contributed by atoms with van der Waals surface area (Å²) in [5.41, 5.74) is 0. The first-order valence-electron chi connectivity index (χ1n) is 7.65. The van der Waals surface area contributed by atoms with Crippen molar-refractivity contribution >= 4 is 12.0 Å². The topological polar surface area (TPSA) is 82.1 Å². The molecule has 2 fully saturated rings. The highest BCUT2D eigenvalue weighted by Gasteiger charge is 2.30. The van der Waals surface area contributed by atoms with E-state index >= 15 is 0 Å². The molecule has 2 amide bonds.